The number of hydrogen-bond donors (Lipinski definition) is 1. The van der Waals surface area contributed by atoms with Crippen molar-refractivity contribution in [1.29, 1.82) is 0 Å². The molecule has 0 aliphatic carbocycles. The molecule has 0 aromatic heterocycles. The van der Waals surface area contributed by atoms with E-state index in [-0.39, 0.29) is 29.2 Å². The average Bonchev–Trinajstić information content (AvgIpc) is 2.94. The first-order valence-corrected chi connectivity index (χ1v) is 15.6. The molecule has 3 aromatic carbocycles. The minimum Gasteiger partial charge on any atom is -0.354 e. The van der Waals surface area contributed by atoms with Gasteiger partial charge in [-0.15, -0.1) is 0 Å². The summed E-state index contributed by atoms with van der Waals surface area (Å²) in [6.07, 6.45) is 0. The Morgan fingerprint density at radius 3 is 1.83 bits per heavy atom. The number of aryl methyl sites for hydroxylation is 2. The third kappa shape index (κ3) is 8.43. The van der Waals surface area contributed by atoms with Crippen LogP contribution in [0, 0.1) is 19.8 Å². The lowest BCUT2D eigenvalue weighted by molar-refractivity contribution is -0.139. The molecule has 0 spiro atoms. The Kier molecular flexibility index (Phi) is 10.7. The van der Waals surface area contributed by atoms with E-state index in [1.165, 1.54) is 4.90 Å². The minimum absolute atomic E-state index is 0.0941. The number of amides is 2. The van der Waals surface area contributed by atoms with Crippen LogP contribution in [0.1, 0.15) is 62.8 Å². The predicted octanol–water partition coefficient (Wildman–Crippen LogP) is 5.81. The third-order valence-electron chi connectivity index (χ3n) is 7.06. The van der Waals surface area contributed by atoms with Crippen molar-refractivity contribution >= 4 is 27.5 Å². The summed E-state index contributed by atoms with van der Waals surface area (Å²) in [6, 6.07) is 20.7. The number of hydrogen-bond acceptors (Lipinski definition) is 4. The number of sulfonamides is 1. The zero-order valence-corrected chi connectivity index (χ0v) is 26.0. The van der Waals surface area contributed by atoms with Crippen molar-refractivity contribution in [1.82, 2.24) is 10.2 Å². The molecule has 3 aromatic rings. The highest BCUT2D eigenvalue weighted by Crippen LogP contribution is 2.27. The lowest BCUT2D eigenvalue weighted by atomic mass is 10.0. The van der Waals surface area contributed by atoms with Gasteiger partial charge in [0, 0.05) is 13.1 Å². The van der Waals surface area contributed by atoms with Crippen LogP contribution in [0.3, 0.4) is 0 Å². The summed E-state index contributed by atoms with van der Waals surface area (Å²) in [5, 5.41) is 2.91. The van der Waals surface area contributed by atoms with Gasteiger partial charge < -0.3 is 10.2 Å². The predicted molar refractivity (Wildman–Crippen MR) is 165 cm³/mol. The number of carbonyl (C=O) groups excluding carboxylic acids is 2. The Balaban J connectivity index is 2.02. The number of carbonyl (C=O) groups is 2. The van der Waals surface area contributed by atoms with Crippen LogP contribution in [0.4, 0.5) is 5.69 Å². The lowest BCUT2D eigenvalue weighted by Crippen LogP contribution is -2.51. The SMILES string of the molecule is Cc1ccc(CN(C(=O)CN(c2ccc(C(C)C)cc2)S(=O)(=O)c2ccc(C)cc2)C(C)C(=O)NCC(C)C)cc1. The number of anilines is 1. The van der Waals surface area contributed by atoms with E-state index < -0.39 is 28.5 Å². The van der Waals surface area contributed by atoms with Gasteiger partial charge in [0.2, 0.25) is 11.8 Å². The molecule has 2 amide bonds. The molecule has 1 N–H and O–H groups in total. The Labute approximate surface area is 245 Å². The number of nitrogens with zero attached hydrogens (tertiary/aromatic N) is 2. The van der Waals surface area contributed by atoms with Crippen LogP contribution in [0.15, 0.2) is 77.7 Å². The van der Waals surface area contributed by atoms with Gasteiger partial charge in [-0.05, 0) is 68.0 Å². The average molecular weight is 578 g/mol. The highest BCUT2D eigenvalue weighted by Gasteiger charge is 2.32. The molecule has 1 unspecified atom stereocenters. The topological polar surface area (TPSA) is 86.8 Å². The largest absolute Gasteiger partial charge is 0.354 e. The van der Waals surface area contributed by atoms with Crippen molar-refractivity contribution in [2.75, 3.05) is 17.4 Å². The molecule has 7 nitrogen and oxygen atoms in total. The molecule has 0 aliphatic rings. The van der Waals surface area contributed by atoms with E-state index in [9.17, 15) is 18.0 Å². The molecule has 0 saturated heterocycles. The molecule has 3 rings (SSSR count). The van der Waals surface area contributed by atoms with E-state index in [4.69, 9.17) is 0 Å². The summed E-state index contributed by atoms with van der Waals surface area (Å²) in [5.41, 5.74) is 4.30. The fraction of sp³-hybridized carbons (Fsp3) is 0.394. The number of rotatable bonds is 12. The highest BCUT2D eigenvalue weighted by molar-refractivity contribution is 7.92. The highest BCUT2D eigenvalue weighted by atomic mass is 32.2. The third-order valence-corrected chi connectivity index (χ3v) is 8.85. The van der Waals surface area contributed by atoms with Gasteiger partial charge in [-0.3, -0.25) is 13.9 Å². The monoisotopic (exact) mass is 577 g/mol. The molecule has 0 saturated carbocycles. The first-order valence-electron chi connectivity index (χ1n) is 14.1. The van der Waals surface area contributed by atoms with Crippen LogP contribution >= 0.6 is 0 Å². The van der Waals surface area contributed by atoms with Gasteiger partial charge in [0.05, 0.1) is 10.6 Å². The Morgan fingerprint density at radius 2 is 1.32 bits per heavy atom. The summed E-state index contributed by atoms with van der Waals surface area (Å²) in [5.74, 6) is -0.242. The molecule has 0 fully saturated rings. The lowest BCUT2D eigenvalue weighted by Gasteiger charge is -2.32. The van der Waals surface area contributed by atoms with Crippen molar-refractivity contribution < 1.29 is 18.0 Å². The van der Waals surface area contributed by atoms with Crippen LogP contribution in [0.5, 0.6) is 0 Å². The second kappa shape index (κ2) is 13.8. The zero-order chi connectivity index (χ0) is 30.3. The molecular formula is C33H43N3O4S. The molecule has 220 valence electrons. The van der Waals surface area contributed by atoms with Crippen molar-refractivity contribution in [2.45, 2.75) is 71.9 Å². The molecular weight excluding hydrogens is 534 g/mol. The first kappa shape index (κ1) is 31.9. The Hall–Kier alpha value is -3.65. The van der Waals surface area contributed by atoms with Crippen molar-refractivity contribution in [2.24, 2.45) is 5.92 Å². The van der Waals surface area contributed by atoms with Gasteiger partial charge in [-0.2, -0.15) is 0 Å². The summed E-state index contributed by atoms with van der Waals surface area (Å²) in [6.45, 7) is 13.9. The molecule has 0 heterocycles. The van der Waals surface area contributed by atoms with Crippen LogP contribution in [-0.2, 0) is 26.2 Å². The molecule has 41 heavy (non-hydrogen) atoms. The van der Waals surface area contributed by atoms with E-state index in [1.807, 2.05) is 64.1 Å². The van der Waals surface area contributed by atoms with Crippen molar-refractivity contribution in [3.8, 4) is 0 Å². The fourth-order valence-corrected chi connectivity index (χ4v) is 5.73. The van der Waals surface area contributed by atoms with Crippen LogP contribution < -0.4 is 9.62 Å². The minimum atomic E-state index is -4.09. The van der Waals surface area contributed by atoms with Gasteiger partial charge in [0.25, 0.3) is 10.0 Å². The van der Waals surface area contributed by atoms with E-state index in [1.54, 1.807) is 43.3 Å². The van der Waals surface area contributed by atoms with Gasteiger partial charge in [-0.1, -0.05) is 87.4 Å². The van der Waals surface area contributed by atoms with Crippen LogP contribution in [0.2, 0.25) is 0 Å². The summed E-state index contributed by atoms with van der Waals surface area (Å²) < 4.78 is 29.1. The summed E-state index contributed by atoms with van der Waals surface area (Å²) >= 11 is 0. The second-order valence-corrected chi connectivity index (χ2v) is 13.3. The number of benzene rings is 3. The molecule has 8 heteroatoms. The van der Waals surface area contributed by atoms with E-state index in [0.717, 1.165) is 26.6 Å². The van der Waals surface area contributed by atoms with Gasteiger partial charge >= 0.3 is 0 Å². The maximum absolute atomic E-state index is 14.0. The Bertz CT molecular complexity index is 1410. The van der Waals surface area contributed by atoms with E-state index >= 15 is 0 Å². The second-order valence-electron chi connectivity index (χ2n) is 11.4. The van der Waals surface area contributed by atoms with Crippen LogP contribution in [-0.4, -0.2) is 44.3 Å². The summed E-state index contributed by atoms with van der Waals surface area (Å²) in [7, 11) is -4.09. The molecule has 0 aliphatic heterocycles. The van der Waals surface area contributed by atoms with E-state index in [0.29, 0.717) is 12.2 Å². The van der Waals surface area contributed by atoms with E-state index in [2.05, 4.69) is 19.2 Å². The normalized spacial score (nSPS) is 12.3. The fourth-order valence-electron chi connectivity index (χ4n) is 4.32. The smallest absolute Gasteiger partial charge is 0.264 e. The first-order chi connectivity index (χ1) is 19.3. The van der Waals surface area contributed by atoms with Gasteiger partial charge in [0.15, 0.2) is 0 Å². The van der Waals surface area contributed by atoms with Gasteiger partial charge in [-0.25, -0.2) is 8.42 Å². The zero-order valence-electron chi connectivity index (χ0n) is 25.2. The standard InChI is InChI=1S/C33H43N3O4S/c1-23(2)20-34-33(38)27(7)35(21-28-12-8-25(5)9-13-28)32(37)22-36(30-16-14-29(15-17-30)24(3)4)41(39,40)31-18-10-26(6)11-19-31/h8-19,23-24,27H,20-22H2,1-7H3,(H,34,38). The molecule has 0 radical (unpaired) electrons. The molecule has 0 bridgehead atoms. The maximum Gasteiger partial charge on any atom is 0.264 e. The Morgan fingerprint density at radius 1 is 0.780 bits per heavy atom. The number of nitrogens with one attached hydrogen (secondary N) is 1. The van der Waals surface area contributed by atoms with Crippen LogP contribution in [0.25, 0.3) is 0 Å². The van der Waals surface area contributed by atoms with Gasteiger partial charge in [0.1, 0.15) is 12.6 Å². The summed E-state index contributed by atoms with van der Waals surface area (Å²) in [4.78, 5) is 28.7. The quantitative estimate of drug-likeness (QED) is 0.294. The maximum atomic E-state index is 14.0. The van der Waals surface area contributed by atoms with Crippen molar-refractivity contribution in [3.63, 3.8) is 0 Å². The molecule has 1 atom stereocenters. The van der Waals surface area contributed by atoms with Crippen molar-refractivity contribution in [3.05, 3.63) is 95.1 Å².